The predicted molar refractivity (Wildman–Crippen MR) is 22.1 cm³/mol. The Bertz CT molecular complexity index is 47.5. The number of nitrogens with one attached hydrogen (secondary N) is 1. The average molecular weight is 89.1 g/mol. The molecule has 2 atom stereocenters. The summed E-state index contributed by atoms with van der Waals surface area (Å²) < 4.78 is 11.8. The zero-order valence-corrected chi connectivity index (χ0v) is 3.74. The molecule has 0 radical (unpaired) electrons. The molecule has 0 amide bonds. The first kappa shape index (κ1) is 4.06. The van der Waals surface area contributed by atoms with Crippen molar-refractivity contribution >= 4 is 0 Å². The van der Waals surface area contributed by atoms with Gasteiger partial charge in [-0.3, -0.25) is 5.32 Å². The van der Waals surface area contributed by atoms with E-state index in [0.717, 1.165) is 6.54 Å². The van der Waals surface area contributed by atoms with Crippen molar-refractivity contribution in [1.29, 1.82) is 0 Å². The number of alkyl halides is 1. The number of rotatable bonds is 0. The molecule has 0 aliphatic carbocycles. The lowest BCUT2D eigenvalue weighted by molar-refractivity contribution is 0.107. The Morgan fingerprint density at radius 2 is 2.33 bits per heavy atom. The normalized spacial score (nSPS) is 45.0. The number of hydrogen-bond acceptors (Lipinski definition) is 1. The quantitative estimate of drug-likeness (QED) is 0.427. The van der Waals surface area contributed by atoms with Crippen LogP contribution in [0.2, 0.25) is 0 Å². The van der Waals surface area contributed by atoms with Crippen molar-refractivity contribution in [3.05, 3.63) is 0 Å². The minimum atomic E-state index is -0.718. The predicted octanol–water partition coefficient (Wildman–Crippen LogP) is 0.521. The van der Waals surface area contributed by atoms with Crippen LogP contribution in [-0.2, 0) is 0 Å². The van der Waals surface area contributed by atoms with Gasteiger partial charge in [0.05, 0.1) is 0 Å². The molecule has 6 heavy (non-hydrogen) atoms. The van der Waals surface area contributed by atoms with E-state index in [4.69, 9.17) is 0 Å². The van der Waals surface area contributed by atoms with E-state index in [1.54, 1.807) is 0 Å². The first-order chi connectivity index (χ1) is 2.80. The molecule has 1 aliphatic rings. The van der Waals surface area contributed by atoms with Gasteiger partial charge in [0.2, 0.25) is 0 Å². The van der Waals surface area contributed by atoms with E-state index >= 15 is 0 Å². The fourth-order valence-corrected chi connectivity index (χ4v) is 0.443. The van der Waals surface area contributed by atoms with Crippen LogP contribution in [-0.4, -0.2) is 12.8 Å². The molecule has 1 nitrogen and oxygen atoms in total. The summed E-state index contributed by atoms with van der Waals surface area (Å²) in [6, 6.07) is 0. The van der Waals surface area contributed by atoms with Gasteiger partial charge in [-0.05, 0) is 0 Å². The van der Waals surface area contributed by atoms with Gasteiger partial charge in [-0.2, -0.15) is 0 Å². The van der Waals surface area contributed by atoms with Gasteiger partial charge in [0.25, 0.3) is 0 Å². The molecule has 0 spiro atoms. The molecular formula is C4H8FN. The van der Waals surface area contributed by atoms with Crippen molar-refractivity contribution in [3.63, 3.8) is 0 Å². The smallest absolute Gasteiger partial charge is 0.154 e. The Morgan fingerprint density at radius 3 is 2.33 bits per heavy atom. The Morgan fingerprint density at radius 1 is 1.83 bits per heavy atom. The maximum atomic E-state index is 11.8. The van der Waals surface area contributed by atoms with E-state index < -0.39 is 6.30 Å². The third kappa shape index (κ3) is 0.411. The highest BCUT2D eigenvalue weighted by molar-refractivity contribution is 4.74. The lowest BCUT2D eigenvalue weighted by atomic mass is 10.1. The summed E-state index contributed by atoms with van der Waals surface area (Å²) in [6.07, 6.45) is -0.718. The van der Waals surface area contributed by atoms with Crippen molar-refractivity contribution < 1.29 is 4.39 Å². The monoisotopic (exact) mass is 89.1 g/mol. The Labute approximate surface area is 36.5 Å². The van der Waals surface area contributed by atoms with Crippen LogP contribution in [0.25, 0.3) is 0 Å². The van der Waals surface area contributed by atoms with Crippen LogP contribution < -0.4 is 5.32 Å². The van der Waals surface area contributed by atoms with Crippen molar-refractivity contribution in [1.82, 2.24) is 5.32 Å². The summed E-state index contributed by atoms with van der Waals surface area (Å²) in [5, 5.41) is 2.59. The summed E-state index contributed by atoms with van der Waals surface area (Å²) in [6.45, 7) is 2.74. The van der Waals surface area contributed by atoms with Gasteiger partial charge in [-0.15, -0.1) is 0 Å². The zero-order chi connectivity index (χ0) is 4.57. The summed E-state index contributed by atoms with van der Waals surface area (Å²) >= 11 is 0. The van der Waals surface area contributed by atoms with E-state index in [1.807, 2.05) is 6.92 Å². The molecule has 2 heteroatoms. The largest absolute Gasteiger partial charge is 0.287 e. The molecule has 1 saturated heterocycles. The van der Waals surface area contributed by atoms with Gasteiger partial charge in [0.1, 0.15) is 0 Å². The van der Waals surface area contributed by atoms with E-state index in [1.165, 1.54) is 0 Å². The molecule has 1 N–H and O–H groups in total. The summed E-state index contributed by atoms with van der Waals surface area (Å²) in [5.74, 6) is 0.255. The summed E-state index contributed by atoms with van der Waals surface area (Å²) in [7, 11) is 0. The Kier molecular flexibility index (Phi) is 0.804. The minimum absolute atomic E-state index is 0.255. The topological polar surface area (TPSA) is 12.0 Å². The van der Waals surface area contributed by atoms with Gasteiger partial charge in [-0.1, -0.05) is 6.92 Å². The van der Waals surface area contributed by atoms with Gasteiger partial charge in [-0.25, -0.2) is 4.39 Å². The van der Waals surface area contributed by atoms with Crippen LogP contribution in [0.15, 0.2) is 0 Å². The van der Waals surface area contributed by atoms with Crippen molar-refractivity contribution in [3.8, 4) is 0 Å². The third-order valence-electron chi connectivity index (χ3n) is 1.13. The van der Waals surface area contributed by atoms with Crippen LogP contribution >= 0.6 is 0 Å². The SMILES string of the molecule is C[C@@H]1CNC1F. The second kappa shape index (κ2) is 1.19. The first-order valence-electron chi connectivity index (χ1n) is 2.18. The van der Waals surface area contributed by atoms with Crippen LogP contribution in [0.3, 0.4) is 0 Å². The van der Waals surface area contributed by atoms with Gasteiger partial charge in [0, 0.05) is 12.5 Å². The lowest BCUT2D eigenvalue weighted by Crippen LogP contribution is -2.48. The molecule has 1 heterocycles. The fourth-order valence-electron chi connectivity index (χ4n) is 0.443. The molecule has 0 aromatic rings. The van der Waals surface area contributed by atoms with E-state index in [2.05, 4.69) is 5.32 Å². The molecule has 1 fully saturated rings. The van der Waals surface area contributed by atoms with E-state index in [-0.39, 0.29) is 5.92 Å². The molecule has 36 valence electrons. The zero-order valence-electron chi connectivity index (χ0n) is 3.74. The molecule has 0 aromatic heterocycles. The van der Waals surface area contributed by atoms with Crippen LogP contribution in [0.5, 0.6) is 0 Å². The lowest BCUT2D eigenvalue weighted by Gasteiger charge is -2.27. The standard InChI is InChI=1S/C4H8FN/c1-3-2-6-4(3)5/h3-4,6H,2H2,1H3/t3-,4?/m1/s1. The third-order valence-corrected chi connectivity index (χ3v) is 1.13. The first-order valence-corrected chi connectivity index (χ1v) is 2.18. The molecule has 1 unspecified atom stereocenters. The summed E-state index contributed by atoms with van der Waals surface area (Å²) in [5.41, 5.74) is 0. The van der Waals surface area contributed by atoms with Crippen molar-refractivity contribution in [2.75, 3.05) is 6.54 Å². The van der Waals surface area contributed by atoms with Crippen molar-refractivity contribution in [2.24, 2.45) is 5.92 Å². The summed E-state index contributed by atoms with van der Waals surface area (Å²) in [4.78, 5) is 0. The van der Waals surface area contributed by atoms with Gasteiger partial charge >= 0.3 is 0 Å². The Balaban J connectivity index is 2.20. The minimum Gasteiger partial charge on any atom is -0.287 e. The molecular weight excluding hydrogens is 81.0 g/mol. The van der Waals surface area contributed by atoms with E-state index in [9.17, 15) is 4.39 Å². The maximum Gasteiger partial charge on any atom is 0.154 e. The molecule has 0 aromatic carbocycles. The van der Waals surface area contributed by atoms with Gasteiger partial charge in [0.15, 0.2) is 6.30 Å². The van der Waals surface area contributed by atoms with Crippen LogP contribution in [0.1, 0.15) is 6.92 Å². The highest BCUT2D eigenvalue weighted by Crippen LogP contribution is 2.11. The number of hydrogen-bond donors (Lipinski definition) is 1. The van der Waals surface area contributed by atoms with Crippen LogP contribution in [0.4, 0.5) is 4.39 Å². The second-order valence-corrected chi connectivity index (χ2v) is 1.79. The molecule has 0 saturated carbocycles. The molecule has 0 bridgehead atoms. The maximum absolute atomic E-state index is 11.8. The fraction of sp³-hybridized carbons (Fsp3) is 1.00. The number of halogens is 1. The molecule has 1 aliphatic heterocycles. The average Bonchev–Trinajstić information content (AvgIpc) is 1.61. The molecule has 1 rings (SSSR count). The highest BCUT2D eigenvalue weighted by Gasteiger charge is 2.24. The van der Waals surface area contributed by atoms with Crippen LogP contribution in [0, 0.1) is 5.92 Å². The van der Waals surface area contributed by atoms with E-state index in [0.29, 0.717) is 0 Å². The van der Waals surface area contributed by atoms with Crippen molar-refractivity contribution in [2.45, 2.75) is 13.2 Å². The van der Waals surface area contributed by atoms with Gasteiger partial charge < -0.3 is 0 Å². The highest BCUT2D eigenvalue weighted by atomic mass is 19.1. The Hall–Kier alpha value is -0.110. The second-order valence-electron chi connectivity index (χ2n) is 1.79.